The third-order valence-corrected chi connectivity index (χ3v) is 11.3. The molecule has 0 aliphatic carbocycles. The number of hydrogen-bond donors (Lipinski definition) is 0. The van der Waals surface area contributed by atoms with E-state index in [2.05, 4.69) is 88.4 Å². The lowest BCUT2D eigenvalue weighted by Crippen LogP contribution is -1.96. The van der Waals surface area contributed by atoms with E-state index in [1.165, 1.54) is 202 Å². The number of ether oxygens (including phenoxy) is 1. The Kier molecular flexibility index (Phi) is 30.3. The van der Waals surface area contributed by atoms with Crippen LogP contribution in [-0.2, 0) is 12.8 Å². The van der Waals surface area contributed by atoms with E-state index >= 15 is 0 Å². The van der Waals surface area contributed by atoms with Crippen LogP contribution in [-0.4, -0.2) is 0 Å². The fourth-order valence-electron chi connectivity index (χ4n) is 7.79. The summed E-state index contributed by atoms with van der Waals surface area (Å²) in [4.78, 5) is 0. The molecule has 53 heavy (non-hydrogen) atoms. The Morgan fingerprint density at radius 3 is 0.925 bits per heavy atom. The van der Waals surface area contributed by atoms with E-state index in [9.17, 15) is 0 Å². The molecule has 0 amide bonds. The smallest absolute Gasteiger partial charge is 0.134 e. The van der Waals surface area contributed by atoms with Crippen LogP contribution in [0.25, 0.3) is 12.2 Å². The van der Waals surface area contributed by atoms with Gasteiger partial charge in [0.15, 0.2) is 0 Å². The zero-order valence-electron chi connectivity index (χ0n) is 35.8. The van der Waals surface area contributed by atoms with Gasteiger partial charge in [0.2, 0.25) is 0 Å². The van der Waals surface area contributed by atoms with Crippen LogP contribution in [0.2, 0.25) is 0 Å². The maximum Gasteiger partial charge on any atom is 0.134 e. The summed E-state index contributed by atoms with van der Waals surface area (Å²) < 4.78 is 6.78. The lowest BCUT2D eigenvalue weighted by molar-refractivity contribution is 0.479. The number of hydrogen-bond acceptors (Lipinski definition) is 1. The second kappa shape index (κ2) is 34.2. The van der Waals surface area contributed by atoms with Crippen molar-refractivity contribution in [2.24, 2.45) is 0 Å². The van der Waals surface area contributed by atoms with Crippen LogP contribution in [0.3, 0.4) is 0 Å². The number of benzene rings is 2. The molecule has 0 atom stereocenters. The van der Waals surface area contributed by atoms with Crippen LogP contribution in [0.1, 0.15) is 243 Å². The number of allylic oxidation sites excluding steroid dienone is 2. The van der Waals surface area contributed by atoms with Gasteiger partial charge in [-0.3, -0.25) is 0 Å². The van der Waals surface area contributed by atoms with Crippen molar-refractivity contribution in [3.8, 4) is 11.5 Å². The summed E-state index contributed by atoms with van der Waals surface area (Å²) in [6.45, 7) is 9.12. The molecule has 0 saturated heterocycles. The third kappa shape index (κ3) is 23.3. The molecule has 0 fully saturated rings. The standard InChI is InChI=1S/C52H86O/c1-5-9-11-13-15-17-19-21-23-25-27-29-31-33-35-37-43-49-47(7-3)41-39-45-51(49)53-52-46-40-42-48(8-4)50(52)44-38-36-34-32-30-28-26-24-22-20-18-16-14-12-10-6-2/h37-46H,5-36H2,1-4H3. The molecule has 0 unspecified atom stereocenters. The van der Waals surface area contributed by atoms with Gasteiger partial charge in [0, 0.05) is 11.1 Å². The topological polar surface area (TPSA) is 9.23 Å². The SMILES string of the molecule is CCCCCCCCCCCCCCCCC=Cc1c(CC)cccc1Oc1cccc(CC)c1C=CCCCCCCCCCCCCCCCC. The lowest BCUT2D eigenvalue weighted by Gasteiger charge is -2.16. The maximum atomic E-state index is 6.78. The van der Waals surface area contributed by atoms with Gasteiger partial charge in [-0.2, -0.15) is 0 Å². The van der Waals surface area contributed by atoms with Crippen molar-refractivity contribution in [2.45, 2.75) is 233 Å². The van der Waals surface area contributed by atoms with Gasteiger partial charge in [0.1, 0.15) is 11.5 Å². The first-order chi connectivity index (χ1) is 26.2. The molecule has 0 spiro atoms. The molecule has 300 valence electrons. The van der Waals surface area contributed by atoms with Gasteiger partial charge >= 0.3 is 0 Å². The Labute approximate surface area is 331 Å². The van der Waals surface area contributed by atoms with E-state index in [4.69, 9.17) is 4.74 Å². The fraction of sp³-hybridized carbons (Fsp3) is 0.692. The van der Waals surface area contributed by atoms with E-state index in [0.717, 1.165) is 37.2 Å². The van der Waals surface area contributed by atoms with Crippen molar-refractivity contribution < 1.29 is 4.74 Å². The minimum atomic E-state index is 0.983. The zero-order valence-corrected chi connectivity index (χ0v) is 35.8. The van der Waals surface area contributed by atoms with E-state index in [1.807, 2.05) is 0 Å². The largest absolute Gasteiger partial charge is 0.456 e. The van der Waals surface area contributed by atoms with Gasteiger partial charge in [0.25, 0.3) is 0 Å². The van der Waals surface area contributed by atoms with Crippen LogP contribution < -0.4 is 4.74 Å². The third-order valence-electron chi connectivity index (χ3n) is 11.3. The second-order valence-corrected chi connectivity index (χ2v) is 16.0. The monoisotopic (exact) mass is 727 g/mol. The van der Waals surface area contributed by atoms with Crippen molar-refractivity contribution in [1.82, 2.24) is 0 Å². The van der Waals surface area contributed by atoms with E-state index in [0.29, 0.717) is 0 Å². The van der Waals surface area contributed by atoms with Crippen molar-refractivity contribution in [3.63, 3.8) is 0 Å². The van der Waals surface area contributed by atoms with Gasteiger partial charge in [-0.05, 0) is 61.8 Å². The Morgan fingerprint density at radius 1 is 0.358 bits per heavy atom. The molecule has 0 saturated carbocycles. The molecule has 0 aliphatic rings. The molecule has 1 heteroatoms. The predicted molar refractivity (Wildman–Crippen MR) is 240 cm³/mol. The molecule has 0 heterocycles. The van der Waals surface area contributed by atoms with Crippen molar-refractivity contribution in [1.29, 1.82) is 0 Å². The van der Waals surface area contributed by atoms with Crippen LogP contribution >= 0.6 is 0 Å². The van der Waals surface area contributed by atoms with Crippen molar-refractivity contribution >= 4 is 12.2 Å². The van der Waals surface area contributed by atoms with Gasteiger partial charge < -0.3 is 4.74 Å². The van der Waals surface area contributed by atoms with Gasteiger partial charge in [0.05, 0.1) is 0 Å². The summed E-state index contributed by atoms with van der Waals surface area (Å²) in [5.74, 6) is 1.97. The number of unbranched alkanes of at least 4 members (excludes halogenated alkanes) is 28. The van der Waals surface area contributed by atoms with Crippen molar-refractivity contribution in [2.75, 3.05) is 0 Å². The highest BCUT2D eigenvalue weighted by Crippen LogP contribution is 2.34. The Bertz CT molecular complexity index is 1080. The first-order valence-corrected chi connectivity index (χ1v) is 23.5. The molecule has 1 nitrogen and oxygen atoms in total. The molecular weight excluding hydrogens is 641 g/mol. The Morgan fingerprint density at radius 2 is 0.642 bits per heavy atom. The normalized spacial score (nSPS) is 11.8. The predicted octanol–water partition coefficient (Wildman–Crippen LogP) is 18.4. The molecule has 2 aromatic carbocycles. The van der Waals surface area contributed by atoms with E-state index < -0.39 is 0 Å². The van der Waals surface area contributed by atoms with Crippen molar-refractivity contribution in [3.05, 3.63) is 70.8 Å². The summed E-state index contributed by atoms with van der Waals surface area (Å²) in [6.07, 6.45) is 53.2. The summed E-state index contributed by atoms with van der Waals surface area (Å²) in [5.41, 5.74) is 5.22. The van der Waals surface area contributed by atoms with Crippen LogP contribution in [0, 0.1) is 0 Å². The van der Waals surface area contributed by atoms with Gasteiger partial charge in [-0.15, -0.1) is 0 Å². The molecule has 0 aromatic heterocycles. The molecule has 0 N–H and O–H groups in total. The zero-order chi connectivity index (χ0) is 37.9. The summed E-state index contributed by atoms with van der Waals surface area (Å²) >= 11 is 0. The highest BCUT2D eigenvalue weighted by atomic mass is 16.5. The molecule has 0 radical (unpaired) electrons. The van der Waals surface area contributed by atoms with Gasteiger partial charge in [-0.1, -0.05) is 243 Å². The van der Waals surface area contributed by atoms with Gasteiger partial charge in [-0.25, -0.2) is 0 Å². The Hall–Kier alpha value is -2.28. The minimum Gasteiger partial charge on any atom is -0.456 e. The molecule has 2 rings (SSSR count). The van der Waals surface area contributed by atoms with Crippen LogP contribution in [0.15, 0.2) is 48.6 Å². The average molecular weight is 727 g/mol. The summed E-state index contributed by atoms with van der Waals surface area (Å²) in [5, 5.41) is 0. The maximum absolute atomic E-state index is 6.78. The summed E-state index contributed by atoms with van der Waals surface area (Å²) in [7, 11) is 0. The minimum absolute atomic E-state index is 0.983. The fourth-order valence-corrected chi connectivity index (χ4v) is 7.79. The number of aryl methyl sites for hydroxylation is 2. The van der Waals surface area contributed by atoms with E-state index in [1.54, 1.807) is 0 Å². The molecule has 0 aliphatic heterocycles. The highest BCUT2D eigenvalue weighted by molar-refractivity contribution is 5.65. The lowest BCUT2D eigenvalue weighted by atomic mass is 10.0. The van der Waals surface area contributed by atoms with Crippen LogP contribution in [0.5, 0.6) is 11.5 Å². The molecular formula is C52H86O. The average Bonchev–Trinajstić information content (AvgIpc) is 3.18. The molecule has 2 aromatic rings. The highest BCUT2D eigenvalue weighted by Gasteiger charge is 2.11. The quantitative estimate of drug-likeness (QED) is 0.0635. The first kappa shape index (κ1) is 46.9. The second-order valence-electron chi connectivity index (χ2n) is 16.0. The van der Waals surface area contributed by atoms with E-state index in [-0.39, 0.29) is 0 Å². The first-order valence-electron chi connectivity index (χ1n) is 23.5. The van der Waals surface area contributed by atoms with Crippen LogP contribution in [0.4, 0.5) is 0 Å². The Balaban J connectivity index is 1.73. The molecule has 0 bridgehead atoms. The summed E-state index contributed by atoms with van der Waals surface area (Å²) in [6, 6.07) is 13.2. The number of rotatable bonds is 36.